The van der Waals surface area contributed by atoms with Crippen molar-refractivity contribution in [2.24, 2.45) is 5.10 Å². The van der Waals surface area contributed by atoms with Crippen molar-refractivity contribution in [2.45, 2.75) is 26.2 Å². The highest BCUT2D eigenvalue weighted by Crippen LogP contribution is 2.27. The van der Waals surface area contributed by atoms with Crippen LogP contribution in [0.2, 0.25) is 0 Å². The maximum Gasteiger partial charge on any atom is 0.245 e. The van der Waals surface area contributed by atoms with Gasteiger partial charge in [-0.15, -0.1) is 11.3 Å². The van der Waals surface area contributed by atoms with Gasteiger partial charge in [-0.2, -0.15) is 5.10 Å². The fraction of sp³-hybridized carbons (Fsp3) is 0.333. The molecule has 1 aromatic heterocycles. The van der Waals surface area contributed by atoms with E-state index in [-0.39, 0.29) is 5.91 Å². The first kappa shape index (κ1) is 18.0. The minimum atomic E-state index is -0.139. The first-order chi connectivity index (χ1) is 11.7. The molecule has 0 unspecified atom stereocenters. The Morgan fingerprint density at radius 1 is 1.33 bits per heavy atom. The van der Waals surface area contributed by atoms with Gasteiger partial charge in [-0.1, -0.05) is 19.4 Å². The summed E-state index contributed by atoms with van der Waals surface area (Å²) in [6.45, 7) is 2.78. The minimum Gasteiger partial charge on any atom is -0.493 e. The number of hydrogen-bond acceptors (Lipinski definition) is 5. The summed E-state index contributed by atoms with van der Waals surface area (Å²) in [5.74, 6) is 1.23. The second-order valence-electron chi connectivity index (χ2n) is 5.16. The fourth-order valence-electron chi connectivity index (χ4n) is 2.00. The number of nitrogens with one attached hydrogen (secondary N) is 1. The molecule has 0 aliphatic heterocycles. The van der Waals surface area contributed by atoms with Crippen molar-refractivity contribution in [2.75, 3.05) is 13.7 Å². The molecule has 5 nitrogen and oxygen atoms in total. The lowest BCUT2D eigenvalue weighted by molar-refractivity contribution is -0.120. The van der Waals surface area contributed by atoms with E-state index in [0.29, 0.717) is 24.5 Å². The first-order valence-electron chi connectivity index (χ1n) is 7.88. The van der Waals surface area contributed by atoms with Crippen LogP contribution in [0, 0.1) is 0 Å². The molecule has 0 atom stereocenters. The zero-order valence-electron chi connectivity index (χ0n) is 14.0. The summed E-state index contributed by atoms with van der Waals surface area (Å²) in [5.41, 5.74) is 3.35. The van der Waals surface area contributed by atoms with Crippen LogP contribution in [0.5, 0.6) is 11.5 Å². The van der Waals surface area contributed by atoms with Gasteiger partial charge in [0.15, 0.2) is 11.5 Å². The van der Waals surface area contributed by atoms with E-state index in [0.717, 1.165) is 23.3 Å². The highest BCUT2D eigenvalue weighted by molar-refractivity contribution is 7.10. The quantitative estimate of drug-likeness (QED) is 0.428. The predicted molar refractivity (Wildman–Crippen MR) is 97.2 cm³/mol. The Labute approximate surface area is 146 Å². The van der Waals surface area contributed by atoms with E-state index in [9.17, 15) is 4.79 Å². The number of thiophene rings is 1. The Morgan fingerprint density at radius 2 is 2.21 bits per heavy atom. The van der Waals surface area contributed by atoms with Crippen LogP contribution in [0.4, 0.5) is 0 Å². The highest BCUT2D eigenvalue weighted by Gasteiger charge is 2.05. The molecular formula is C18H22N2O3S. The maximum atomic E-state index is 11.8. The molecule has 2 aromatic rings. The van der Waals surface area contributed by atoms with Crippen LogP contribution in [0.15, 0.2) is 40.8 Å². The van der Waals surface area contributed by atoms with Gasteiger partial charge in [0.25, 0.3) is 0 Å². The number of ether oxygens (including phenoxy) is 2. The van der Waals surface area contributed by atoms with E-state index in [1.807, 2.05) is 35.7 Å². The summed E-state index contributed by atoms with van der Waals surface area (Å²) < 4.78 is 11.0. The van der Waals surface area contributed by atoms with Gasteiger partial charge in [-0.3, -0.25) is 4.79 Å². The summed E-state index contributed by atoms with van der Waals surface area (Å²) in [4.78, 5) is 12.8. The van der Waals surface area contributed by atoms with Crippen molar-refractivity contribution in [1.29, 1.82) is 0 Å². The molecule has 0 saturated heterocycles. The lowest BCUT2D eigenvalue weighted by Gasteiger charge is -2.10. The van der Waals surface area contributed by atoms with Crippen molar-refractivity contribution in [3.05, 3.63) is 46.2 Å². The van der Waals surface area contributed by atoms with Gasteiger partial charge in [0.2, 0.25) is 5.91 Å². The molecule has 2 rings (SSSR count). The van der Waals surface area contributed by atoms with Crippen LogP contribution in [0.25, 0.3) is 0 Å². The van der Waals surface area contributed by atoms with Gasteiger partial charge in [0.05, 0.1) is 26.4 Å². The number of methoxy groups -OCH3 is 1. The molecule has 0 spiro atoms. The van der Waals surface area contributed by atoms with Gasteiger partial charge in [-0.05, 0) is 41.6 Å². The Kier molecular flexibility index (Phi) is 7.29. The largest absolute Gasteiger partial charge is 0.493 e. The number of carbonyl (C=O) groups excluding carboxylic acids is 1. The molecule has 0 saturated carbocycles. The number of benzene rings is 1. The van der Waals surface area contributed by atoms with E-state index in [4.69, 9.17) is 9.47 Å². The van der Waals surface area contributed by atoms with E-state index >= 15 is 0 Å². The van der Waals surface area contributed by atoms with Gasteiger partial charge in [0, 0.05) is 4.88 Å². The Hall–Kier alpha value is -2.34. The first-order valence-corrected chi connectivity index (χ1v) is 8.76. The number of carbonyl (C=O) groups is 1. The minimum absolute atomic E-state index is 0.139. The zero-order valence-corrected chi connectivity index (χ0v) is 14.8. The summed E-state index contributed by atoms with van der Waals surface area (Å²) in [6, 6.07) is 9.40. The van der Waals surface area contributed by atoms with Crippen molar-refractivity contribution in [3.63, 3.8) is 0 Å². The molecule has 0 aliphatic rings. The third kappa shape index (κ3) is 5.70. The maximum absolute atomic E-state index is 11.8. The molecule has 128 valence electrons. The zero-order chi connectivity index (χ0) is 17.2. The summed E-state index contributed by atoms with van der Waals surface area (Å²) in [7, 11) is 1.60. The van der Waals surface area contributed by atoms with Gasteiger partial charge in [0.1, 0.15) is 0 Å². The molecule has 0 bridgehead atoms. The predicted octanol–water partition coefficient (Wildman–Crippen LogP) is 3.63. The van der Waals surface area contributed by atoms with Crippen molar-refractivity contribution in [1.82, 2.24) is 5.43 Å². The van der Waals surface area contributed by atoms with E-state index in [2.05, 4.69) is 17.5 Å². The SMILES string of the molecule is CCCCOc1ccc(/C=N/NC(=O)Cc2cccs2)cc1OC. The third-order valence-corrected chi connectivity index (χ3v) is 4.14. The lowest BCUT2D eigenvalue weighted by Crippen LogP contribution is -2.19. The topological polar surface area (TPSA) is 59.9 Å². The molecule has 6 heteroatoms. The molecule has 1 aromatic carbocycles. The van der Waals surface area contributed by atoms with E-state index < -0.39 is 0 Å². The number of nitrogens with zero attached hydrogens (tertiary/aromatic N) is 1. The van der Waals surface area contributed by atoms with Crippen molar-refractivity contribution >= 4 is 23.5 Å². The van der Waals surface area contributed by atoms with Gasteiger partial charge in [-0.25, -0.2) is 5.43 Å². The number of unbranched alkanes of at least 4 members (excludes halogenated alkanes) is 1. The van der Waals surface area contributed by atoms with Crippen molar-refractivity contribution in [3.8, 4) is 11.5 Å². The summed E-state index contributed by atoms with van der Waals surface area (Å²) in [5, 5.41) is 5.93. The van der Waals surface area contributed by atoms with Gasteiger partial charge < -0.3 is 9.47 Å². The van der Waals surface area contributed by atoms with Crippen LogP contribution in [0.3, 0.4) is 0 Å². The Bertz CT molecular complexity index is 669. The van der Waals surface area contributed by atoms with E-state index in [1.165, 1.54) is 0 Å². The number of rotatable bonds is 9. The Balaban J connectivity index is 1.90. The molecular weight excluding hydrogens is 324 g/mol. The van der Waals surface area contributed by atoms with Crippen LogP contribution in [0.1, 0.15) is 30.2 Å². The molecule has 0 aliphatic carbocycles. The highest BCUT2D eigenvalue weighted by atomic mass is 32.1. The number of hydrogen-bond donors (Lipinski definition) is 1. The lowest BCUT2D eigenvalue weighted by atomic mass is 10.2. The average Bonchev–Trinajstić information content (AvgIpc) is 3.09. The smallest absolute Gasteiger partial charge is 0.245 e. The third-order valence-electron chi connectivity index (χ3n) is 3.26. The average molecular weight is 346 g/mol. The standard InChI is InChI=1S/C18H22N2O3S/c1-3-4-9-23-16-8-7-14(11-17(16)22-2)13-19-20-18(21)12-15-6-5-10-24-15/h5-8,10-11,13H,3-4,9,12H2,1-2H3,(H,20,21)/b19-13+. The van der Waals surface area contributed by atoms with Crippen LogP contribution >= 0.6 is 11.3 Å². The van der Waals surface area contributed by atoms with Crippen molar-refractivity contribution < 1.29 is 14.3 Å². The van der Waals surface area contributed by atoms with Crippen LogP contribution < -0.4 is 14.9 Å². The molecule has 1 N–H and O–H groups in total. The monoisotopic (exact) mass is 346 g/mol. The van der Waals surface area contributed by atoms with E-state index in [1.54, 1.807) is 24.7 Å². The molecule has 24 heavy (non-hydrogen) atoms. The summed E-state index contributed by atoms with van der Waals surface area (Å²) in [6.07, 6.45) is 4.01. The number of hydrazone groups is 1. The second kappa shape index (κ2) is 9.72. The fourth-order valence-corrected chi connectivity index (χ4v) is 2.70. The molecule has 0 fully saturated rings. The number of amides is 1. The van der Waals surface area contributed by atoms with Gasteiger partial charge >= 0.3 is 0 Å². The molecule has 1 amide bonds. The Morgan fingerprint density at radius 3 is 2.92 bits per heavy atom. The van der Waals surface area contributed by atoms with Crippen LogP contribution in [-0.4, -0.2) is 25.8 Å². The summed E-state index contributed by atoms with van der Waals surface area (Å²) >= 11 is 1.55. The second-order valence-corrected chi connectivity index (χ2v) is 6.19. The van der Waals surface area contributed by atoms with Crippen LogP contribution in [-0.2, 0) is 11.2 Å². The normalized spacial score (nSPS) is 10.8. The molecule has 1 heterocycles. The molecule has 0 radical (unpaired) electrons.